The highest BCUT2D eigenvalue weighted by Crippen LogP contribution is 2.21. The average molecular weight is 518 g/mol. The summed E-state index contributed by atoms with van der Waals surface area (Å²) >= 11 is 0. The molecule has 30 heavy (non-hydrogen) atoms. The van der Waals surface area contributed by atoms with Gasteiger partial charge in [-0.2, -0.15) is 0 Å². The Bertz CT molecular complexity index is 938. The van der Waals surface area contributed by atoms with Crippen molar-refractivity contribution in [1.82, 2.24) is 15.6 Å². The van der Waals surface area contributed by atoms with Gasteiger partial charge >= 0.3 is 0 Å². The first-order valence-corrected chi connectivity index (χ1v) is 10.2. The van der Waals surface area contributed by atoms with Crippen LogP contribution in [0.5, 0.6) is 5.75 Å². The van der Waals surface area contributed by atoms with Crippen molar-refractivity contribution in [2.45, 2.75) is 32.7 Å². The Morgan fingerprint density at radius 1 is 1.07 bits per heavy atom. The standard InChI is InChI=1S/C24H30N4O.HI/c1-4-25-24(27-15-13-18(2)19-9-11-21(29-3)12-10-19)28-17-23-22-8-6-5-7-20(22)14-16-26-23;/h5-12,14,16,18H,4,13,15,17H2,1-3H3,(H2,25,27,28);1H. The van der Waals surface area contributed by atoms with E-state index in [9.17, 15) is 0 Å². The molecule has 3 aromatic rings. The molecule has 6 heteroatoms. The monoisotopic (exact) mass is 518 g/mol. The van der Waals surface area contributed by atoms with Crippen LogP contribution < -0.4 is 15.4 Å². The van der Waals surface area contributed by atoms with Gasteiger partial charge in [-0.05, 0) is 48.4 Å². The van der Waals surface area contributed by atoms with Gasteiger partial charge in [-0.1, -0.05) is 43.3 Å². The number of rotatable bonds is 8. The minimum atomic E-state index is 0. The second kappa shape index (κ2) is 12.4. The number of guanidine groups is 1. The predicted molar refractivity (Wildman–Crippen MR) is 136 cm³/mol. The van der Waals surface area contributed by atoms with Crippen LogP contribution in [-0.2, 0) is 6.54 Å². The van der Waals surface area contributed by atoms with Crippen molar-refractivity contribution in [2.75, 3.05) is 20.2 Å². The van der Waals surface area contributed by atoms with Gasteiger partial charge in [0.1, 0.15) is 5.75 Å². The van der Waals surface area contributed by atoms with E-state index < -0.39 is 0 Å². The van der Waals surface area contributed by atoms with E-state index in [0.29, 0.717) is 12.5 Å². The van der Waals surface area contributed by atoms with Crippen LogP contribution in [0.4, 0.5) is 0 Å². The normalized spacial score (nSPS) is 12.2. The number of hydrogen-bond acceptors (Lipinski definition) is 3. The molecule has 0 saturated carbocycles. The van der Waals surface area contributed by atoms with E-state index in [0.717, 1.165) is 42.3 Å². The van der Waals surface area contributed by atoms with Gasteiger partial charge in [0.2, 0.25) is 0 Å². The van der Waals surface area contributed by atoms with E-state index in [1.165, 1.54) is 10.9 Å². The largest absolute Gasteiger partial charge is 0.497 e. The average Bonchev–Trinajstić information content (AvgIpc) is 2.77. The molecule has 1 heterocycles. The first-order valence-electron chi connectivity index (χ1n) is 10.2. The zero-order chi connectivity index (χ0) is 20.5. The highest BCUT2D eigenvalue weighted by molar-refractivity contribution is 14.0. The Morgan fingerprint density at radius 3 is 2.57 bits per heavy atom. The highest BCUT2D eigenvalue weighted by atomic mass is 127. The van der Waals surface area contributed by atoms with Crippen molar-refractivity contribution in [3.8, 4) is 5.75 Å². The molecule has 0 saturated heterocycles. The van der Waals surface area contributed by atoms with Crippen molar-refractivity contribution in [1.29, 1.82) is 0 Å². The number of methoxy groups -OCH3 is 1. The lowest BCUT2D eigenvalue weighted by molar-refractivity contribution is 0.414. The lowest BCUT2D eigenvalue weighted by Crippen LogP contribution is -2.38. The van der Waals surface area contributed by atoms with Crippen molar-refractivity contribution >= 4 is 40.7 Å². The third kappa shape index (κ3) is 6.58. The molecule has 1 unspecified atom stereocenters. The molecule has 0 aliphatic rings. The van der Waals surface area contributed by atoms with Crippen LogP contribution in [0.2, 0.25) is 0 Å². The fourth-order valence-corrected chi connectivity index (χ4v) is 3.31. The number of ether oxygens (including phenoxy) is 1. The molecule has 2 N–H and O–H groups in total. The summed E-state index contributed by atoms with van der Waals surface area (Å²) in [4.78, 5) is 9.27. The summed E-state index contributed by atoms with van der Waals surface area (Å²) in [5, 5.41) is 9.12. The molecule has 0 fully saturated rings. The van der Waals surface area contributed by atoms with Crippen LogP contribution in [0.1, 0.15) is 37.4 Å². The molecule has 5 nitrogen and oxygen atoms in total. The molecule has 160 valence electrons. The highest BCUT2D eigenvalue weighted by Gasteiger charge is 2.07. The van der Waals surface area contributed by atoms with Gasteiger partial charge in [-0.15, -0.1) is 24.0 Å². The van der Waals surface area contributed by atoms with E-state index >= 15 is 0 Å². The number of aliphatic imine (C=N–C) groups is 1. The summed E-state index contributed by atoms with van der Waals surface area (Å²) in [6, 6.07) is 18.6. The molecule has 2 aromatic carbocycles. The fourth-order valence-electron chi connectivity index (χ4n) is 3.31. The summed E-state index contributed by atoms with van der Waals surface area (Å²) in [5.41, 5.74) is 2.31. The molecular weight excluding hydrogens is 487 g/mol. The molecule has 3 rings (SSSR count). The number of pyridine rings is 1. The van der Waals surface area contributed by atoms with Crippen molar-refractivity contribution in [2.24, 2.45) is 4.99 Å². The van der Waals surface area contributed by atoms with Crippen LogP contribution in [0.3, 0.4) is 0 Å². The first kappa shape index (κ1) is 23.9. The van der Waals surface area contributed by atoms with Crippen LogP contribution in [0.15, 0.2) is 65.8 Å². The van der Waals surface area contributed by atoms with Gasteiger partial charge in [0, 0.05) is 24.7 Å². The molecule has 0 amide bonds. The molecular formula is C24H31IN4O. The number of aromatic nitrogens is 1. The summed E-state index contributed by atoms with van der Waals surface area (Å²) < 4.78 is 5.24. The maximum atomic E-state index is 5.24. The minimum absolute atomic E-state index is 0. The van der Waals surface area contributed by atoms with Gasteiger partial charge in [0.15, 0.2) is 5.96 Å². The van der Waals surface area contributed by atoms with E-state index in [4.69, 9.17) is 9.73 Å². The lowest BCUT2D eigenvalue weighted by Gasteiger charge is -2.15. The second-order valence-electron chi connectivity index (χ2n) is 7.06. The molecule has 1 atom stereocenters. The second-order valence-corrected chi connectivity index (χ2v) is 7.06. The number of benzene rings is 2. The smallest absolute Gasteiger partial charge is 0.191 e. The molecule has 0 bridgehead atoms. The van der Waals surface area contributed by atoms with Gasteiger partial charge in [0.05, 0.1) is 19.3 Å². The summed E-state index contributed by atoms with van der Waals surface area (Å²) in [5.74, 6) is 2.17. The SMILES string of the molecule is CCNC(=NCc1nccc2ccccc12)NCCC(C)c1ccc(OC)cc1.I. The molecule has 1 aromatic heterocycles. The Labute approximate surface area is 196 Å². The quantitative estimate of drug-likeness (QED) is 0.247. The maximum absolute atomic E-state index is 5.24. The van der Waals surface area contributed by atoms with E-state index in [1.807, 2.05) is 36.5 Å². The summed E-state index contributed by atoms with van der Waals surface area (Å²) in [7, 11) is 1.69. The zero-order valence-corrected chi connectivity index (χ0v) is 20.2. The Kier molecular flexibility index (Phi) is 9.86. The van der Waals surface area contributed by atoms with Gasteiger partial charge in [0.25, 0.3) is 0 Å². The Hall–Kier alpha value is -2.35. The van der Waals surface area contributed by atoms with Crippen LogP contribution in [0.25, 0.3) is 10.8 Å². The summed E-state index contributed by atoms with van der Waals surface area (Å²) in [6.07, 6.45) is 2.87. The molecule has 0 radical (unpaired) electrons. The summed E-state index contributed by atoms with van der Waals surface area (Å²) in [6.45, 7) is 6.54. The number of hydrogen-bond donors (Lipinski definition) is 2. The fraction of sp³-hybridized carbons (Fsp3) is 0.333. The van der Waals surface area contributed by atoms with Crippen molar-refractivity contribution in [3.63, 3.8) is 0 Å². The van der Waals surface area contributed by atoms with Crippen LogP contribution >= 0.6 is 24.0 Å². The van der Waals surface area contributed by atoms with Gasteiger partial charge < -0.3 is 15.4 Å². The third-order valence-corrected chi connectivity index (χ3v) is 5.04. The first-order chi connectivity index (χ1) is 14.2. The molecule has 0 aliphatic heterocycles. The number of nitrogens with one attached hydrogen (secondary N) is 2. The lowest BCUT2D eigenvalue weighted by atomic mass is 9.98. The van der Waals surface area contributed by atoms with Crippen molar-refractivity contribution in [3.05, 3.63) is 72.1 Å². The van der Waals surface area contributed by atoms with Gasteiger partial charge in [-0.3, -0.25) is 4.98 Å². The van der Waals surface area contributed by atoms with Crippen LogP contribution in [0, 0.1) is 0 Å². The minimum Gasteiger partial charge on any atom is -0.497 e. The number of fused-ring (bicyclic) bond motifs is 1. The zero-order valence-electron chi connectivity index (χ0n) is 17.9. The Morgan fingerprint density at radius 2 is 1.83 bits per heavy atom. The van der Waals surface area contributed by atoms with Gasteiger partial charge in [-0.25, -0.2) is 4.99 Å². The van der Waals surface area contributed by atoms with E-state index in [-0.39, 0.29) is 24.0 Å². The maximum Gasteiger partial charge on any atom is 0.191 e. The number of nitrogens with zero attached hydrogens (tertiary/aromatic N) is 2. The predicted octanol–water partition coefficient (Wildman–Crippen LogP) is 5.11. The van der Waals surface area contributed by atoms with Crippen molar-refractivity contribution < 1.29 is 4.74 Å². The third-order valence-electron chi connectivity index (χ3n) is 5.04. The molecule has 0 spiro atoms. The topological polar surface area (TPSA) is 58.5 Å². The Balaban J connectivity index is 0.00000320. The van der Waals surface area contributed by atoms with Crippen LogP contribution in [-0.4, -0.2) is 31.1 Å². The van der Waals surface area contributed by atoms with E-state index in [2.05, 4.69) is 53.7 Å². The number of halogens is 1. The van der Waals surface area contributed by atoms with E-state index in [1.54, 1.807) is 7.11 Å². The molecule has 0 aliphatic carbocycles.